The first-order valence-electron chi connectivity index (χ1n) is 10.1. The number of H-pyrrole nitrogens is 1. The van der Waals surface area contributed by atoms with Crippen LogP contribution in [0.1, 0.15) is 58.4 Å². The molecule has 4 rings (SSSR count). The van der Waals surface area contributed by atoms with Gasteiger partial charge in [0, 0.05) is 31.3 Å². The van der Waals surface area contributed by atoms with Crippen LogP contribution in [0.15, 0.2) is 16.9 Å². The summed E-state index contributed by atoms with van der Waals surface area (Å²) in [5.41, 5.74) is 1.61. The van der Waals surface area contributed by atoms with Crippen molar-refractivity contribution in [1.29, 1.82) is 0 Å². The normalized spacial score (nSPS) is 28.0. The zero-order valence-electron chi connectivity index (χ0n) is 16.2. The third kappa shape index (κ3) is 3.67. The fraction of sp³-hybridized carbons (Fsp3) is 0.700. The molecule has 7 heteroatoms. The summed E-state index contributed by atoms with van der Waals surface area (Å²) in [5.74, 6) is 0. The summed E-state index contributed by atoms with van der Waals surface area (Å²) in [5, 5.41) is 0.422. The molecule has 0 spiro atoms. The highest BCUT2D eigenvalue weighted by molar-refractivity contribution is 6.29. The molecule has 0 radical (unpaired) electrons. The summed E-state index contributed by atoms with van der Waals surface area (Å²) in [4.78, 5) is 22.4. The number of nitrogens with one attached hydrogen (secondary N) is 1. The molecule has 1 N–H and O–H groups in total. The molecule has 1 aliphatic carbocycles. The number of pyridine rings is 1. The van der Waals surface area contributed by atoms with Crippen molar-refractivity contribution >= 4 is 22.8 Å². The van der Waals surface area contributed by atoms with Gasteiger partial charge in [-0.05, 0) is 64.5 Å². The molecule has 0 atom stereocenters. The second-order valence-corrected chi connectivity index (χ2v) is 8.56. The highest BCUT2D eigenvalue weighted by atomic mass is 35.5. The van der Waals surface area contributed by atoms with Gasteiger partial charge in [0.25, 0.3) is 0 Å². The van der Waals surface area contributed by atoms with E-state index in [1.807, 2.05) is 10.6 Å². The predicted octanol–water partition coefficient (Wildman–Crippen LogP) is 3.75. The SMILES string of the molecule is CCOC1CCC(C)(N2CCC(n3c(=O)[nH]c4ccc(Cl)nc43)CC2)CC1. The predicted molar refractivity (Wildman–Crippen MR) is 107 cm³/mol. The highest BCUT2D eigenvalue weighted by Crippen LogP contribution is 2.37. The molecule has 27 heavy (non-hydrogen) atoms. The summed E-state index contributed by atoms with van der Waals surface area (Å²) in [6.45, 7) is 7.31. The maximum Gasteiger partial charge on any atom is 0.327 e. The molecule has 1 saturated heterocycles. The molecule has 1 aliphatic heterocycles. The van der Waals surface area contributed by atoms with Gasteiger partial charge in [0.05, 0.1) is 11.6 Å². The summed E-state index contributed by atoms with van der Waals surface area (Å²) in [6.07, 6.45) is 7.03. The van der Waals surface area contributed by atoms with Crippen LogP contribution in [-0.2, 0) is 4.74 Å². The van der Waals surface area contributed by atoms with Gasteiger partial charge in [0.15, 0.2) is 5.65 Å². The zero-order chi connectivity index (χ0) is 19.0. The highest BCUT2D eigenvalue weighted by Gasteiger charge is 2.38. The first kappa shape index (κ1) is 19.0. The average Bonchev–Trinajstić information content (AvgIpc) is 2.99. The lowest BCUT2D eigenvalue weighted by Gasteiger charge is -2.48. The number of nitrogens with zero attached hydrogens (tertiary/aromatic N) is 3. The van der Waals surface area contributed by atoms with Crippen LogP contribution >= 0.6 is 11.6 Å². The molecule has 0 aromatic carbocycles. The van der Waals surface area contributed by atoms with E-state index in [1.54, 1.807) is 6.07 Å². The second kappa shape index (κ2) is 7.57. The van der Waals surface area contributed by atoms with Gasteiger partial charge in [-0.1, -0.05) is 11.6 Å². The van der Waals surface area contributed by atoms with Gasteiger partial charge in [-0.25, -0.2) is 9.78 Å². The number of likely N-dealkylation sites (tertiary alicyclic amines) is 1. The maximum absolute atomic E-state index is 12.5. The van der Waals surface area contributed by atoms with Crippen LogP contribution in [0.25, 0.3) is 11.2 Å². The van der Waals surface area contributed by atoms with E-state index in [1.165, 1.54) is 12.8 Å². The van der Waals surface area contributed by atoms with Crippen LogP contribution in [0.2, 0.25) is 5.15 Å². The molecule has 3 heterocycles. The van der Waals surface area contributed by atoms with Crippen LogP contribution in [-0.4, -0.2) is 50.8 Å². The molecule has 6 nitrogen and oxygen atoms in total. The summed E-state index contributed by atoms with van der Waals surface area (Å²) in [7, 11) is 0. The van der Waals surface area contributed by atoms with E-state index in [2.05, 4.69) is 28.7 Å². The van der Waals surface area contributed by atoms with Crippen molar-refractivity contribution in [2.24, 2.45) is 0 Å². The monoisotopic (exact) mass is 392 g/mol. The number of fused-ring (bicyclic) bond motifs is 1. The lowest BCUT2D eigenvalue weighted by atomic mass is 9.79. The zero-order valence-corrected chi connectivity index (χ0v) is 17.0. The maximum atomic E-state index is 12.5. The lowest BCUT2D eigenvalue weighted by molar-refractivity contribution is -0.0273. The Morgan fingerprint density at radius 1 is 1.26 bits per heavy atom. The fourth-order valence-electron chi connectivity index (χ4n) is 4.91. The van der Waals surface area contributed by atoms with Crippen molar-refractivity contribution in [3.63, 3.8) is 0 Å². The Labute approximate surface area is 164 Å². The van der Waals surface area contributed by atoms with Crippen molar-refractivity contribution in [2.45, 2.75) is 70.1 Å². The standard InChI is InChI=1S/C20H29ClN4O2/c1-3-27-15-6-10-20(2,11-7-15)24-12-8-14(9-13-24)25-18-16(22-19(25)26)4-5-17(21)23-18/h4-5,14-15H,3,6-13H2,1-2H3,(H,22,26). The van der Waals surface area contributed by atoms with E-state index in [4.69, 9.17) is 16.3 Å². The molecule has 0 bridgehead atoms. The van der Waals surface area contributed by atoms with Crippen molar-refractivity contribution in [3.05, 3.63) is 27.8 Å². The molecular formula is C20H29ClN4O2. The number of aromatic amines is 1. The van der Waals surface area contributed by atoms with Crippen molar-refractivity contribution < 1.29 is 4.74 Å². The molecular weight excluding hydrogens is 364 g/mol. The molecule has 148 valence electrons. The average molecular weight is 393 g/mol. The Bertz CT molecular complexity index is 845. The van der Waals surface area contributed by atoms with Crippen LogP contribution in [0.4, 0.5) is 0 Å². The first-order chi connectivity index (χ1) is 13.0. The van der Waals surface area contributed by atoms with Crippen LogP contribution in [0.3, 0.4) is 0 Å². The molecule has 1 saturated carbocycles. The number of hydrogen-bond donors (Lipinski definition) is 1. The van der Waals surface area contributed by atoms with Gasteiger partial charge < -0.3 is 9.72 Å². The topological polar surface area (TPSA) is 63.1 Å². The van der Waals surface area contributed by atoms with Gasteiger partial charge in [-0.3, -0.25) is 9.47 Å². The lowest BCUT2D eigenvalue weighted by Crippen LogP contribution is -2.53. The van der Waals surface area contributed by atoms with E-state index >= 15 is 0 Å². The first-order valence-corrected chi connectivity index (χ1v) is 10.5. The minimum Gasteiger partial charge on any atom is -0.379 e. The van der Waals surface area contributed by atoms with Gasteiger partial charge in [-0.2, -0.15) is 0 Å². The minimum absolute atomic E-state index is 0.0818. The molecule has 0 amide bonds. The van der Waals surface area contributed by atoms with Crippen LogP contribution in [0, 0.1) is 0 Å². The van der Waals surface area contributed by atoms with Gasteiger partial charge in [-0.15, -0.1) is 0 Å². The Morgan fingerprint density at radius 3 is 2.63 bits per heavy atom. The molecule has 2 aromatic rings. The minimum atomic E-state index is -0.0818. The van der Waals surface area contributed by atoms with Gasteiger partial charge >= 0.3 is 5.69 Å². The van der Waals surface area contributed by atoms with Crippen LogP contribution in [0.5, 0.6) is 0 Å². The van der Waals surface area contributed by atoms with Gasteiger partial charge in [0.1, 0.15) is 5.15 Å². The van der Waals surface area contributed by atoms with Crippen molar-refractivity contribution in [2.75, 3.05) is 19.7 Å². The largest absolute Gasteiger partial charge is 0.379 e. The number of hydrogen-bond acceptors (Lipinski definition) is 4. The van der Waals surface area contributed by atoms with E-state index in [0.717, 1.165) is 50.9 Å². The van der Waals surface area contributed by atoms with Crippen LogP contribution < -0.4 is 5.69 Å². The Hall–Kier alpha value is -1.37. The number of piperidine rings is 1. The number of halogens is 1. The van der Waals surface area contributed by atoms with Crippen molar-refractivity contribution in [1.82, 2.24) is 19.4 Å². The van der Waals surface area contributed by atoms with E-state index in [-0.39, 0.29) is 17.3 Å². The molecule has 2 fully saturated rings. The third-order valence-electron chi connectivity index (χ3n) is 6.53. The molecule has 2 aromatic heterocycles. The number of imidazole rings is 1. The Morgan fingerprint density at radius 2 is 1.96 bits per heavy atom. The quantitative estimate of drug-likeness (QED) is 0.805. The van der Waals surface area contributed by atoms with E-state index < -0.39 is 0 Å². The number of aromatic nitrogens is 3. The molecule has 0 unspecified atom stereocenters. The summed E-state index contributed by atoms with van der Waals surface area (Å²) >= 11 is 6.06. The number of rotatable bonds is 4. The van der Waals surface area contributed by atoms with E-state index in [0.29, 0.717) is 16.9 Å². The smallest absolute Gasteiger partial charge is 0.327 e. The Kier molecular flexibility index (Phi) is 5.32. The summed E-state index contributed by atoms with van der Waals surface area (Å²) in [6, 6.07) is 3.72. The van der Waals surface area contributed by atoms with Gasteiger partial charge in [0.2, 0.25) is 0 Å². The molecule has 2 aliphatic rings. The number of ether oxygens (including phenoxy) is 1. The van der Waals surface area contributed by atoms with Crippen molar-refractivity contribution in [3.8, 4) is 0 Å². The summed E-state index contributed by atoms with van der Waals surface area (Å²) < 4.78 is 7.63. The Balaban J connectivity index is 1.45. The van der Waals surface area contributed by atoms with E-state index in [9.17, 15) is 4.79 Å². The fourth-order valence-corrected chi connectivity index (χ4v) is 5.06. The third-order valence-corrected chi connectivity index (χ3v) is 6.75. The second-order valence-electron chi connectivity index (χ2n) is 8.18.